The Kier molecular flexibility index (Phi) is 6.73. The summed E-state index contributed by atoms with van der Waals surface area (Å²) in [6.45, 7) is 18.6. The zero-order valence-corrected chi connectivity index (χ0v) is 20.1. The summed E-state index contributed by atoms with van der Waals surface area (Å²) in [5.74, 6) is 1.06. The van der Waals surface area contributed by atoms with E-state index in [9.17, 15) is 8.42 Å². The first-order valence-electron chi connectivity index (χ1n) is 10.5. The molecule has 0 spiro atoms. The number of nitrogens with one attached hydrogen (secondary N) is 1. The largest absolute Gasteiger partial charge is 0.332 e. The van der Waals surface area contributed by atoms with E-state index in [0.29, 0.717) is 19.5 Å². The monoisotopic (exact) mass is 412 g/mol. The molecule has 2 heterocycles. The van der Waals surface area contributed by atoms with E-state index in [1.54, 1.807) is 7.05 Å². The Morgan fingerprint density at radius 1 is 1.18 bits per heavy atom. The van der Waals surface area contributed by atoms with E-state index < -0.39 is 10.2 Å². The zero-order chi connectivity index (χ0) is 21.5. The first-order chi connectivity index (χ1) is 12.7. The average Bonchev–Trinajstić information content (AvgIpc) is 2.90. The molecule has 0 radical (unpaired) electrons. The minimum Gasteiger partial charge on any atom is -0.332 e. The van der Waals surface area contributed by atoms with Crippen molar-refractivity contribution in [1.29, 1.82) is 0 Å². The van der Waals surface area contributed by atoms with Crippen molar-refractivity contribution in [3.8, 4) is 0 Å². The predicted molar refractivity (Wildman–Crippen MR) is 118 cm³/mol. The maximum atomic E-state index is 12.8. The summed E-state index contributed by atoms with van der Waals surface area (Å²) >= 11 is 0. The Morgan fingerprint density at radius 2 is 1.79 bits per heavy atom. The minimum atomic E-state index is -3.48. The van der Waals surface area contributed by atoms with Crippen LogP contribution in [0.4, 0.5) is 0 Å². The van der Waals surface area contributed by atoms with Gasteiger partial charge in [-0.1, -0.05) is 54.9 Å². The molecular weight excluding hydrogens is 372 g/mol. The van der Waals surface area contributed by atoms with Crippen LogP contribution in [0, 0.1) is 10.8 Å². The number of amidine groups is 1. The molecule has 0 amide bonds. The predicted octanol–water partition coefficient (Wildman–Crippen LogP) is 3.77. The second kappa shape index (κ2) is 8.07. The highest BCUT2D eigenvalue weighted by atomic mass is 32.2. The van der Waals surface area contributed by atoms with Gasteiger partial charge in [-0.15, -0.1) is 0 Å². The number of nitrogens with zero attached hydrogens (tertiary/aromatic N) is 3. The quantitative estimate of drug-likeness (QED) is 0.722. The van der Waals surface area contributed by atoms with Crippen molar-refractivity contribution >= 4 is 16.0 Å². The molecule has 0 bridgehead atoms. The molecule has 0 saturated carbocycles. The fourth-order valence-corrected chi connectivity index (χ4v) is 5.43. The number of rotatable bonds is 6. The first-order valence-corrected chi connectivity index (χ1v) is 12.0. The molecule has 2 aliphatic rings. The van der Waals surface area contributed by atoms with Crippen LogP contribution in [0.15, 0.2) is 16.3 Å². The fraction of sp³-hybridized carbons (Fsp3) is 0.857. The van der Waals surface area contributed by atoms with E-state index in [0.717, 1.165) is 18.7 Å². The number of fused-ring (bicyclic) bond motifs is 1. The lowest BCUT2D eigenvalue weighted by molar-refractivity contribution is 0.392. The Hall–Kier alpha value is -0.920. The van der Waals surface area contributed by atoms with Crippen molar-refractivity contribution in [3.05, 3.63) is 11.3 Å². The van der Waals surface area contributed by atoms with Crippen LogP contribution in [0.25, 0.3) is 0 Å². The van der Waals surface area contributed by atoms with Gasteiger partial charge in [0.05, 0.1) is 6.04 Å². The maximum Gasteiger partial charge on any atom is 0.279 e. The third-order valence-corrected chi connectivity index (χ3v) is 7.13. The molecule has 1 saturated heterocycles. The second-order valence-electron chi connectivity index (χ2n) is 10.3. The van der Waals surface area contributed by atoms with Crippen LogP contribution in [0.5, 0.6) is 0 Å². The van der Waals surface area contributed by atoms with Crippen molar-refractivity contribution < 1.29 is 8.42 Å². The molecule has 7 heteroatoms. The van der Waals surface area contributed by atoms with E-state index in [1.807, 2.05) is 0 Å². The standard InChI is InChI=1S/C21H40N4O2S/c1-10-11-12-24(9)28(26,27)23-16-13-17-18(20(3,4)5)15(2)22-19(21(6,7)8)25(17)14-16/h15-16,23H,10-14H2,1-9H3/t15-,16-/m0/s1. The molecule has 28 heavy (non-hydrogen) atoms. The van der Waals surface area contributed by atoms with Gasteiger partial charge in [-0.05, 0) is 24.3 Å². The highest BCUT2D eigenvalue weighted by Gasteiger charge is 2.43. The molecule has 0 unspecified atom stereocenters. The SMILES string of the molecule is CCCCN(C)S(=O)(=O)N[C@H]1CC2=C(C(C)(C)C)[C@H](C)N=C(C(C)(C)C)N2C1. The minimum absolute atomic E-state index is 0.00834. The van der Waals surface area contributed by atoms with E-state index in [4.69, 9.17) is 4.99 Å². The Balaban J connectivity index is 2.33. The summed E-state index contributed by atoms with van der Waals surface area (Å²) in [7, 11) is -1.83. The molecule has 6 nitrogen and oxygen atoms in total. The van der Waals surface area contributed by atoms with Gasteiger partial charge in [0.2, 0.25) is 0 Å². The van der Waals surface area contributed by atoms with Crippen molar-refractivity contribution in [2.45, 2.75) is 86.7 Å². The molecule has 0 aromatic carbocycles. The van der Waals surface area contributed by atoms with Crippen molar-refractivity contribution in [2.24, 2.45) is 15.8 Å². The molecule has 2 atom stereocenters. The molecule has 1 N–H and O–H groups in total. The van der Waals surface area contributed by atoms with Crippen LogP contribution in [-0.2, 0) is 10.2 Å². The molecular formula is C21H40N4O2S. The smallest absolute Gasteiger partial charge is 0.279 e. The lowest BCUT2D eigenvalue weighted by Crippen LogP contribution is -2.47. The van der Waals surface area contributed by atoms with E-state index >= 15 is 0 Å². The van der Waals surface area contributed by atoms with Crippen LogP contribution >= 0.6 is 0 Å². The summed E-state index contributed by atoms with van der Waals surface area (Å²) in [6, 6.07) is -0.0256. The summed E-state index contributed by atoms with van der Waals surface area (Å²) in [4.78, 5) is 7.33. The third kappa shape index (κ3) is 4.97. The molecule has 2 rings (SSSR count). The van der Waals surface area contributed by atoms with Crippen molar-refractivity contribution in [2.75, 3.05) is 20.1 Å². The highest BCUT2D eigenvalue weighted by Crippen LogP contribution is 2.42. The van der Waals surface area contributed by atoms with Gasteiger partial charge in [0.1, 0.15) is 5.84 Å². The van der Waals surface area contributed by atoms with Gasteiger partial charge in [-0.3, -0.25) is 4.99 Å². The van der Waals surface area contributed by atoms with E-state index in [1.165, 1.54) is 15.6 Å². The highest BCUT2D eigenvalue weighted by molar-refractivity contribution is 7.87. The van der Waals surface area contributed by atoms with E-state index in [2.05, 4.69) is 65.0 Å². The third-order valence-electron chi connectivity index (χ3n) is 5.50. The Bertz CT molecular complexity index is 741. The van der Waals surface area contributed by atoms with Gasteiger partial charge in [-0.25, -0.2) is 0 Å². The topological polar surface area (TPSA) is 65.0 Å². The molecule has 0 aromatic rings. The summed E-state index contributed by atoms with van der Waals surface area (Å²) in [5.41, 5.74) is 2.48. The second-order valence-corrected chi connectivity index (χ2v) is 12.1. The van der Waals surface area contributed by atoms with Crippen LogP contribution in [0.1, 0.15) is 74.7 Å². The molecule has 2 aliphatic heterocycles. The van der Waals surface area contributed by atoms with Crippen LogP contribution < -0.4 is 4.72 Å². The normalized spacial score (nSPS) is 24.1. The van der Waals surface area contributed by atoms with Gasteiger partial charge >= 0.3 is 0 Å². The number of unbranched alkanes of at least 4 members (excludes halogenated alkanes) is 1. The van der Waals surface area contributed by atoms with Crippen LogP contribution in [0.3, 0.4) is 0 Å². The average molecular weight is 413 g/mol. The fourth-order valence-electron chi connectivity index (χ4n) is 4.31. The number of aliphatic imine (C=N–C) groups is 1. The zero-order valence-electron chi connectivity index (χ0n) is 19.3. The summed E-state index contributed by atoms with van der Waals surface area (Å²) in [6.07, 6.45) is 2.56. The number of hydrogen-bond acceptors (Lipinski definition) is 4. The molecule has 0 aromatic heterocycles. The summed E-state index contributed by atoms with van der Waals surface area (Å²) < 4.78 is 29.9. The van der Waals surface area contributed by atoms with Crippen LogP contribution in [-0.4, -0.2) is 55.7 Å². The lowest BCUT2D eigenvalue weighted by Gasteiger charge is -2.41. The Morgan fingerprint density at radius 3 is 2.29 bits per heavy atom. The van der Waals surface area contributed by atoms with Crippen molar-refractivity contribution in [1.82, 2.24) is 13.9 Å². The van der Waals surface area contributed by atoms with E-state index in [-0.39, 0.29) is 22.9 Å². The van der Waals surface area contributed by atoms with Gasteiger partial charge in [0, 0.05) is 43.7 Å². The molecule has 162 valence electrons. The lowest BCUT2D eigenvalue weighted by atomic mass is 9.79. The van der Waals surface area contributed by atoms with Crippen molar-refractivity contribution in [3.63, 3.8) is 0 Å². The van der Waals surface area contributed by atoms with Gasteiger partial charge in [0.15, 0.2) is 0 Å². The van der Waals surface area contributed by atoms with Gasteiger partial charge < -0.3 is 4.90 Å². The first kappa shape index (κ1) is 23.4. The number of hydrogen-bond donors (Lipinski definition) is 1. The summed E-state index contributed by atoms with van der Waals surface area (Å²) in [5, 5.41) is 0. The van der Waals surface area contributed by atoms with Gasteiger partial charge in [0.25, 0.3) is 10.2 Å². The maximum absolute atomic E-state index is 12.8. The Labute approximate surface area is 172 Å². The molecule has 1 fully saturated rings. The van der Waals surface area contributed by atoms with Crippen LogP contribution in [0.2, 0.25) is 0 Å². The van der Waals surface area contributed by atoms with Gasteiger partial charge in [-0.2, -0.15) is 17.4 Å². The molecule has 0 aliphatic carbocycles.